The van der Waals surface area contributed by atoms with Gasteiger partial charge < -0.3 is 20.9 Å². The number of nitrogens with zero attached hydrogens (tertiary/aromatic N) is 2. The molecule has 142 valence electrons. The third-order valence-corrected chi connectivity index (χ3v) is 3.57. The Hall–Kier alpha value is -3.37. The number of H-pyrrole nitrogens is 1. The van der Waals surface area contributed by atoms with Gasteiger partial charge in [0.25, 0.3) is 5.91 Å². The second kappa shape index (κ2) is 7.09. The number of carbonyl (C=O) groups excluding carboxylic acids is 1. The van der Waals surface area contributed by atoms with Crippen molar-refractivity contribution in [2.45, 2.75) is 6.18 Å². The molecule has 0 spiro atoms. The molecule has 11 heteroatoms. The zero-order valence-electron chi connectivity index (χ0n) is 13.9. The fourth-order valence-corrected chi connectivity index (χ4v) is 2.36. The summed E-state index contributed by atoms with van der Waals surface area (Å²) in [6.45, 7) is -1.26. The first-order chi connectivity index (χ1) is 12.8. The number of benzene rings is 1. The maximum absolute atomic E-state index is 14.0. The molecule has 0 saturated carbocycles. The van der Waals surface area contributed by atoms with Crippen molar-refractivity contribution in [3.05, 3.63) is 41.8 Å². The first-order valence-electron chi connectivity index (χ1n) is 7.71. The Balaban J connectivity index is 1.89. The van der Waals surface area contributed by atoms with E-state index in [0.717, 1.165) is 6.07 Å². The number of amides is 1. The molecule has 27 heavy (non-hydrogen) atoms. The van der Waals surface area contributed by atoms with Crippen molar-refractivity contribution in [3.63, 3.8) is 0 Å². The summed E-state index contributed by atoms with van der Waals surface area (Å²) in [5.74, 6) is -1.41. The van der Waals surface area contributed by atoms with E-state index in [1.165, 1.54) is 31.4 Å². The molecule has 0 aliphatic rings. The predicted octanol–water partition coefficient (Wildman–Crippen LogP) is 3.17. The standard InChI is InChI=1S/C16H14F4N6O/c1-21-14(27)9-3-2-8(6-11(9)17)24-15-25-12-10(4-5-22-12)13(26-15)23-7-16(18,19)20/h2-6H,7H2,1H3,(H,21,27)(H3,22,23,24,25,26). The Kier molecular flexibility index (Phi) is 4.84. The molecule has 4 N–H and O–H groups in total. The Bertz CT molecular complexity index is 985. The van der Waals surface area contributed by atoms with Gasteiger partial charge in [0.05, 0.1) is 10.9 Å². The van der Waals surface area contributed by atoms with E-state index in [4.69, 9.17) is 0 Å². The van der Waals surface area contributed by atoms with E-state index in [0.29, 0.717) is 11.0 Å². The maximum atomic E-state index is 14.0. The summed E-state index contributed by atoms with van der Waals surface area (Å²) >= 11 is 0. The number of alkyl halides is 3. The molecule has 0 saturated heterocycles. The topological polar surface area (TPSA) is 94.7 Å². The highest BCUT2D eigenvalue weighted by Gasteiger charge is 2.27. The third kappa shape index (κ3) is 4.25. The molecule has 1 amide bonds. The van der Waals surface area contributed by atoms with E-state index in [2.05, 4.69) is 30.9 Å². The predicted molar refractivity (Wildman–Crippen MR) is 91.5 cm³/mol. The first kappa shape index (κ1) is 18.4. The molecular formula is C16H14F4N6O. The fraction of sp³-hybridized carbons (Fsp3) is 0.188. The van der Waals surface area contributed by atoms with E-state index in [9.17, 15) is 22.4 Å². The van der Waals surface area contributed by atoms with Crippen LogP contribution in [0.2, 0.25) is 0 Å². The van der Waals surface area contributed by atoms with Gasteiger partial charge in [0, 0.05) is 18.9 Å². The monoisotopic (exact) mass is 382 g/mol. The van der Waals surface area contributed by atoms with Gasteiger partial charge in [-0.15, -0.1) is 0 Å². The second-order valence-corrected chi connectivity index (χ2v) is 5.50. The molecule has 0 aliphatic carbocycles. The summed E-state index contributed by atoms with van der Waals surface area (Å²) in [7, 11) is 1.38. The molecule has 2 heterocycles. The van der Waals surface area contributed by atoms with Crippen LogP contribution in [0.25, 0.3) is 11.0 Å². The lowest BCUT2D eigenvalue weighted by atomic mass is 10.2. The van der Waals surface area contributed by atoms with Crippen LogP contribution in [0.15, 0.2) is 30.5 Å². The van der Waals surface area contributed by atoms with Crippen LogP contribution in [0, 0.1) is 5.82 Å². The average molecular weight is 382 g/mol. The number of aromatic nitrogens is 3. The Morgan fingerprint density at radius 2 is 2.00 bits per heavy atom. The molecule has 1 aromatic carbocycles. The number of carbonyl (C=O) groups is 1. The van der Waals surface area contributed by atoms with Crippen molar-refractivity contribution in [1.29, 1.82) is 0 Å². The lowest BCUT2D eigenvalue weighted by molar-refractivity contribution is -0.115. The van der Waals surface area contributed by atoms with Crippen molar-refractivity contribution < 1.29 is 22.4 Å². The lowest BCUT2D eigenvalue weighted by Gasteiger charge is -2.12. The van der Waals surface area contributed by atoms with Crippen LogP contribution < -0.4 is 16.0 Å². The lowest BCUT2D eigenvalue weighted by Crippen LogP contribution is -2.22. The zero-order chi connectivity index (χ0) is 19.6. The molecule has 2 aromatic heterocycles. The summed E-state index contributed by atoms with van der Waals surface area (Å²) in [4.78, 5) is 22.5. The van der Waals surface area contributed by atoms with Crippen molar-refractivity contribution in [2.75, 3.05) is 24.2 Å². The number of nitrogens with one attached hydrogen (secondary N) is 4. The molecule has 0 radical (unpaired) electrons. The first-order valence-corrected chi connectivity index (χ1v) is 7.71. The van der Waals surface area contributed by atoms with Crippen LogP contribution in [0.5, 0.6) is 0 Å². The van der Waals surface area contributed by atoms with Crippen LogP contribution in [0.3, 0.4) is 0 Å². The largest absolute Gasteiger partial charge is 0.405 e. The van der Waals surface area contributed by atoms with E-state index in [1.54, 1.807) is 0 Å². The molecule has 3 aromatic rings. The third-order valence-electron chi connectivity index (χ3n) is 3.57. The van der Waals surface area contributed by atoms with Crippen molar-refractivity contribution in [1.82, 2.24) is 20.3 Å². The second-order valence-electron chi connectivity index (χ2n) is 5.50. The number of anilines is 3. The number of aromatic amines is 1. The van der Waals surface area contributed by atoms with Gasteiger partial charge in [0.2, 0.25) is 5.95 Å². The van der Waals surface area contributed by atoms with Gasteiger partial charge in [-0.3, -0.25) is 4.79 Å². The molecule has 0 unspecified atom stereocenters. The maximum Gasteiger partial charge on any atom is 0.405 e. The number of fused-ring (bicyclic) bond motifs is 1. The van der Waals surface area contributed by atoms with Gasteiger partial charge >= 0.3 is 6.18 Å². The van der Waals surface area contributed by atoms with E-state index in [-0.39, 0.29) is 23.0 Å². The molecule has 3 rings (SSSR count). The Labute approximate surface area is 150 Å². The van der Waals surface area contributed by atoms with Gasteiger partial charge in [-0.25, -0.2) is 4.39 Å². The van der Waals surface area contributed by atoms with Gasteiger partial charge in [0.1, 0.15) is 23.8 Å². The summed E-state index contributed by atoms with van der Waals surface area (Å²) in [5, 5.41) is 7.63. The Morgan fingerprint density at radius 1 is 1.22 bits per heavy atom. The highest BCUT2D eigenvalue weighted by molar-refractivity contribution is 5.94. The smallest absolute Gasteiger partial charge is 0.360 e. The minimum absolute atomic E-state index is 0.0245. The molecule has 0 aliphatic heterocycles. The van der Waals surface area contributed by atoms with Gasteiger partial charge in [-0.2, -0.15) is 23.1 Å². The fourth-order valence-electron chi connectivity index (χ4n) is 2.36. The van der Waals surface area contributed by atoms with Crippen molar-refractivity contribution in [3.8, 4) is 0 Å². The van der Waals surface area contributed by atoms with Gasteiger partial charge in [-0.05, 0) is 24.3 Å². The van der Waals surface area contributed by atoms with Crippen LogP contribution in [0.4, 0.5) is 35.0 Å². The minimum atomic E-state index is -4.42. The highest BCUT2D eigenvalue weighted by Crippen LogP contribution is 2.25. The molecule has 0 bridgehead atoms. The van der Waals surface area contributed by atoms with E-state index >= 15 is 0 Å². The quantitative estimate of drug-likeness (QED) is 0.509. The van der Waals surface area contributed by atoms with Gasteiger partial charge in [0.15, 0.2) is 0 Å². The van der Waals surface area contributed by atoms with Gasteiger partial charge in [-0.1, -0.05) is 0 Å². The zero-order valence-corrected chi connectivity index (χ0v) is 13.9. The SMILES string of the molecule is CNC(=O)c1ccc(Nc2nc(NCC(F)(F)F)c3cc[nH]c3n2)cc1F. The van der Waals surface area contributed by atoms with Crippen LogP contribution in [-0.4, -0.2) is 40.6 Å². The van der Waals surface area contributed by atoms with E-state index in [1.807, 2.05) is 0 Å². The highest BCUT2D eigenvalue weighted by atomic mass is 19.4. The van der Waals surface area contributed by atoms with Crippen LogP contribution in [0.1, 0.15) is 10.4 Å². The van der Waals surface area contributed by atoms with Crippen LogP contribution >= 0.6 is 0 Å². The normalized spacial score (nSPS) is 11.4. The van der Waals surface area contributed by atoms with Crippen LogP contribution in [-0.2, 0) is 0 Å². The summed E-state index contributed by atoms with van der Waals surface area (Å²) in [6, 6.07) is 5.30. The average Bonchev–Trinajstić information content (AvgIpc) is 3.07. The Morgan fingerprint density at radius 3 is 2.67 bits per heavy atom. The summed E-state index contributed by atoms with van der Waals surface area (Å²) in [6.07, 6.45) is -2.90. The molecule has 7 nitrogen and oxygen atoms in total. The minimum Gasteiger partial charge on any atom is -0.360 e. The van der Waals surface area contributed by atoms with Crippen molar-refractivity contribution in [2.24, 2.45) is 0 Å². The summed E-state index contributed by atoms with van der Waals surface area (Å²) in [5.41, 5.74) is 0.392. The number of rotatable bonds is 5. The number of hydrogen-bond donors (Lipinski definition) is 4. The van der Waals surface area contributed by atoms with E-state index < -0.39 is 24.4 Å². The molecule has 0 atom stereocenters. The van der Waals surface area contributed by atoms with Crippen molar-refractivity contribution >= 4 is 34.4 Å². The number of hydrogen-bond acceptors (Lipinski definition) is 5. The summed E-state index contributed by atoms with van der Waals surface area (Å²) < 4.78 is 51.5. The molecule has 0 fully saturated rings. The number of halogens is 4. The molecular weight excluding hydrogens is 368 g/mol.